The first kappa shape index (κ1) is 14.7. The lowest BCUT2D eigenvalue weighted by molar-refractivity contribution is 0.0151. The van der Waals surface area contributed by atoms with Gasteiger partial charge in [0.25, 0.3) is 0 Å². The molecule has 21 heavy (non-hydrogen) atoms. The number of fused-ring (bicyclic) bond motifs is 1. The van der Waals surface area contributed by atoms with Crippen molar-refractivity contribution in [1.82, 2.24) is 5.32 Å². The third-order valence-corrected chi connectivity index (χ3v) is 4.70. The van der Waals surface area contributed by atoms with Crippen LogP contribution in [-0.4, -0.2) is 30.5 Å². The van der Waals surface area contributed by atoms with Crippen LogP contribution in [0.2, 0.25) is 0 Å². The molecule has 2 aliphatic heterocycles. The van der Waals surface area contributed by atoms with Gasteiger partial charge in [-0.1, -0.05) is 17.7 Å². The van der Waals surface area contributed by atoms with E-state index in [-0.39, 0.29) is 11.6 Å². The van der Waals surface area contributed by atoms with Crippen molar-refractivity contribution in [2.24, 2.45) is 10.7 Å². The van der Waals surface area contributed by atoms with Crippen molar-refractivity contribution in [2.75, 3.05) is 6.61 Å². The van der Waals surface area contributed by atoms with Crippen molar-refractivity contribution < 1.29 is 4.74 Å². The molecule has 3 atom stereocenters. The fourth-order valence-electron chi connectivity index (χ4n) is 3.15. The molecule has 0 aromatic carbocycles. The molecule has 0 aromatic heterocycles. The van der Waals surface area contributed by atoms with E-state index in [1.807, 2.05) is 12.2 Å². The minimum atomic E-state index is -0.264. The molecule has 4 nitrogen and oxygen atoms in total. The topological polar surface area (TPSA) is 59.6 Å². The van der Waals surface area contributed by atoms with Gasteiger partial charge in [0.1, 0.15) is 0 Å². The molecular formula is C16H22ClN3O. The van der Waals surface area contributed by atoms with E-state index in [0.29, 0.717) is 11.7 Å². The van der Waals surface area contributed by atoms with Gasteiger partial charge in [0, 0.05) is 29.5 Å². The van der Waals surface area contributed by atoms with Crippen LogP contribution < -0.4 is 11.1 Å². The van der Waals surface area contributed by atoms with Crippen molar-refractivity contribution in [3.8, 4) is 0 Å². The van der Waals surface area contributed by atoms with Gasteiger partial charge >= 0.3 is 0 Å². The molecule has 1 saturated heterocycles. The number of nitrogens with two attached hydrogens (primary N) is 1. The maximum absolute atomic E-state index is 6.20. The number of dihydropyridines is 1. The summed E-state index contributed by atoms with van der Waals surface area (Å²) in [6.45, 7) is 5.02. The predicted molar refractivity (Wildman–Crippen MR) is 86.3 cm³/mol. The van der Waals surface area contributed by atoms with E-state index in [0.717, 1.165) is 42.2 Å². The summed E-state index contributed by atoms with van der Waals surface area (Å²) in [5.41, 5.74) is 8.67. The van der Waals surface area contributed by atoms with Crippen LogP contribution in [0.5, 0.6) is 0 Å². The van der Waals surface area contributed by atoms with Crippen molar-refractivity contribution in [1.29, 1.82) is 0 Å². The zero-order valence-electron chi connectivity index (χ0n) is 12.5. The summed E-state index contributed by atoms with van der Waals surface area (Å²) in [7, 11) is 0. The molecule has 0 saturated carbocycles. The number of nitrogens with zero attached hydrogens (tertiary/aromatic N) is 1. The summed E-state index contributed by atoms with van der Waals surface area (Å²) in [5, 5.41) is 4.37. The van der Waals surface area contributed by atoms with Crippen molar-refractivity contribution in [3.63, 3.8) is 0 Å². The number of hydrogen-bond donors (Lipinski definition) is 2. The second kappa shape index (κ2) is 5.50. The van der Waals surface area contributed by atoms with Crippen molar-refractivity contribution in [3.05, 3.63) is 34.2 Å². The normalized spacial score (nSPS) is 36.0. The Kier molecular flexibility index (Phi) is 3.84. The Bertz CT molecular complexity index is 564. The molecule has 3 rings (SSSR count). The molecule has 1 aliphatic carbocycles. The fourth-order valence-corrected chi connectivity index (χ4v) is 3.33. The average molecular weight is 308 g/mol. The number of aliphatic imine (C=N–C) groups is 1. The number of allylic oxidation sites excluding steroid dienone is 3. The minimum Gasteiger partial charge on any atom is -0.396 e. The Labute approximate surface area is 130 Å². The Balaban J connectivity index is 1.88. The smallest absolute Gasteiger partial charge is 0.0885 e. The van der Waals surface area contributed by atoms with Crippen molar-refractivity contribution >= 4 is 17.8 Å². The Morgan fingerprint density at radius 2 is 2.33 bits per heavy atom. The van der Waals surface area contributed by atoms with Crippen LogP contribution in [0.25, 0.3) is 0 Å². The van der Waals surface area contributed by atoms with E-state index in [1.54, 1.807) is 6.21 Å². The zero-order valence-corrected chi connectivity index (χ0v) is 13.3. The maximum Gasteiger partial charge on any atom is 0.0885 e. The first-order valence-electron chi connectivity index (χ1n) is 7.49. The molecule has 0 bridgehead atoms. The average Bonchev–Trinajstić information content (AvgIpc) is 2.44. The number of ether oxygens (including phenoxy) is 1. The Morgan fingerprint density at radius 3 is 3.10 bits per heavy atom. The highest BCUT2D eigenvalue weighted by Crippen LogP contribution is 2.39. The fraction of sp³-hybridized carbons (Fsp3) is 0.562. The number of rotatable bonds is 2. The molecule has 3 N–H and O–H groups in total. The van der Waals surface area contributed by atoms with Gasteiger partial charge in [-0.15, -0.1) is 0 Å². The maximum atomic E-state index is 6.20. The molecule has 1 fully saturated rings. The monoisotopic (exact) mass is 307 g/mol. The highest BCUT2D eigenvalue weighted by atomic mass is 35.5. The summed E-state index contributed by atoms with van der Waals surface area (Å²) in [5.74, 6) is 0. The van der Waals surface area contributed by atoms with Gasteiger partial charge < -0.3 is 15.8 Å². The summed E-state index contributed by atoms with van der Waals surface area (Å²) in [6.07, 6.45) is 8.84. The molecular weight excluding hydrogens is 286 g/mol. The Morgan fingerprint density at radius 1 is 1.52 bits per heavy atom. The number of halogens is 1. The van der Waals surface area contributed by atoms with Gasteiger partial charge in [0.05, 0.1) is 23.0 Å². The number of nitrogens with one attached hydrogen (secondary N) is 1. The number of hydrogen-bond acceptors (Lipinski definition) is 4. The molecule has 5 heteroatoms. The van der Waals surface area contributed by atoms with Gasteiger partial charge in [-0.05, 0) is 39.2 Å². The summed E-state index contributed by atoms with van der Waals surface area (Å²) >= 11 is 6.20. The Hall–Kier alpha value is -1.26. The van der Waals surface area contributed by atoms with Crippen LogP contribution in [0, 0.1) is 0 Å². The molecule has 0 amide bonds. The van der Waals surface area contributed by atoms with Gasteiger partial charge in [-0.2, -0.15) is 0 Å². The van der Waals surface area contributed by atoms with Gasteiger partial charge in [0.2, 0.25) is 0 Å². The summed E-state index contributed by atoms with van der Waals surface area (Å²) in [4.78, 5) is 4.61. The highest BCUT2D eigenvalue weighted by molar-refractivity contribution is 6.31. The van der Waals surface area contributed by atoms with Gasteiger partial charge in [-0.3, -0.25) is 4.99 Å². The van der Waals surface area contributed by atoms with Crippen LogP contribution in [0.15, 0.2) is 39.1 Å². The molecule has 0 aromatic rings. The molecule has 2 heterocycles. The quantitative estimate of drug-likeness (QED) is 0.824. The van der Waals surface area contributed by atoms with Gasteiger partial charge in [0.15, 0.2) is 0 Å². The lowest BCUT2D eigenvalue weighted by atomic mass is 9.81. The predicted octanol–water partition coefficient (Wildman–Crippen LogP) is 2.61. The molecule has 3 aliphatic rings. The lowest BCUT2D eigenvalue weighted by Crippen LogP contribution is -2.43. The van der Waals surface area contributed by atoms with Crippen LogP contribution in [0.1, 0.15) is 33.1 Å². The van der Waals surface area contributed by atoms with Crippen molar-refractivity contribution in [2.45, 2.75) is 50.8 Å². The largest absolute Gasteiger partial charge is 0.396 e. The molecule has 0 spiro atoms. The van der Waals surface area contributed by atoms with Crippen LogP contribution >= 0.6 is 11.6 Å². The SMILES string of the molecule is C[C@@H]1C[C@H](NC2=C(N)C=NC3(C)CC=C(Cl)C=C23)CCO1. The van der Waals surface area contributed by atoms with E-state index >= 15 is 0 Å². The van der Waals surface area contributed by atoms with E-state index in [4.69, 9.17) is 22.1 Å². The minimum absolute atomic E-state index is 0.264. The second-order valence-electron chi connectivity index (χ2n) is 6.26. The second-order valence-corrected chi connectivity index (χ2v) is 6.70. The van der Waals surface area contributed by atoms with Gasteiger partial charge in [-0.25, -0.2) is 0 Å². The third kappa shape index (κ3) is 2.87. The van der Waals surface area contributed by atoms with Crippen LogP contribution in [0.3, 0.4) is 0 Å². The first-order chi connectivity index (χ1) is 9.98. The van der Waals surface area contributed by atoms with E-state index in [1.165, 1.54) is 0 Å². The van der Waals surface area contributed by atoms with Crippen LogP contribution in [0.4, 0.5) is 0 Å². The van der Waals surface area contributed by atoms with E-state index in [9.17, 15) is 0 Å². The third-order valence-electron chi connectivity index (χ3n) is 4.44. The lowest BCUT2D eigenvalue weighted by Gasteiger charge is -2.38. The molecule has 0 radical (unpaired) electrons. The summed E-state index contributed by atoms with van der Waals surface area (Å²) < 4.78 is 5.61. The van der Waals surface area contributed by atoms with E-state index < -0.39 is 0 Å². The molecule has 114 valence electrons. The summed E-state index contributed by atoms with van der Waals surface area (Å²) in [6, 6.07) is 0.378. The molecule has 1 unspecified atom stereocenters. The highest BCUT2D eigenvalue weighted by Gasteiger charge is 2.36. The first-order valence-corrected chi connectivity index (χ1v) is 7.87. The van der Waals surface area contributed by atoms with E-state index in [2.05, 4.69) is 24.2 Å². The standard InChI is InChI=1S/C16H22ClN3O/c1-10-7-12(4-6-21-10)20-15-13-8-11(17)3-5-16(13,2)19-9-14(15)18/h3,8-10,12,20H,4-7,18H2,1-2H3/t10-,12-,16?/m1/s1. The zero-order chi connectivity index (χ0) is 15.0. The van der Waals surface area contributed by atoms with Crippen LogP contribution in [-0.2, 0) is 4.74 Å².